The predicted octanol–water partition coefficient (Wildman–Crippen LogP) is 5.02. The molecule has 2 heteroatoms. The summed E-state index contributed by atoms with van der Waals surface area (Å²) in [5.41, 5.74) is 8.90. The molecule has 0 unspecified atom stereocenters. The summed E-state index contributed by atoms with van der Waals surface area (Å²) in [5.74, 6) is 3.20. The molecule has 0 saturated heterocycles. The van der Waals surface area contributed by atoms with Gasteiger partial charge in [-0.25, -0.2) is 0 Å². The molecule has 1 aromatic rings. The molecule has 1 aromatic heterocycles. The fraction of sp³-hybridized carbons (Fsp3) is 0.316. The van der Waals surface area contributed by atoms with Crippen molar-refractivity contribution in [1.29, 1.82) is 0 Å². The molecule has 0 spiro atoms. The van der Waals surface area contributed by atoms with Crippen LogP contribution in [0.5, 0.6) is 0 Å². The minimum absolute atomic E-state index is 0.708. The van der Waals surface area contributed by atoms with E-state index in [-0.39, 0.29) is 0 Å². The van der Waals surface area contributed by atoms with Crippen LogP contribution in [0.4, 0.5) is 0 Å². The molecule has 0 bridgehead atoms. The number of ether oxygens (including phenoxy) is 1. The van der Waals surface area contributed by atoms with Crippen molar-refractivity contribution in [3.63, 3.8) is 0 Å². The number of aryl methyl sites for hydroxylation is 1. The molecule has 0 aromatic carbocycles. The molecule has 21 heavy (non-hydrogen) atoms. The van der Waals surface area contributed by atoms with E-state index < -0.39 is 0 Å². The van der Waals surface area contributed by atoms with E-state index in [1.54, 1.807) is 0 Å². The first-order valence-corrected chi connectivity index (χ1v) is 7.36. The van der Waals surface area contributed by atoms with Crippen molar-refractivity contribution < 1.29 is 4.74 Å². The third-order valence-electron chi connectivity index (χ3n) is 4.18. The second kappa shape index (κ2) is 6.30. The van der Waals surface area contributed by atoms with Gasteiger partial charge in [-0.15, -0.1) is 0 Å². The Kier molecular flexibility index (Phi) is 4.67. The van der Waals surface area contributed by atoms with Crippen molar-refractivity contribution in [2.45, 2.75) is 34.6 Å². The first-order chi connectivity index (χ1) is 9.95. The van der Waals surface area contributed by atoms with E-state index in [0.29, 0.717) is 6.61 Å². The fourth-order valence-electron chi connectivity index (χ4n) is 2.82. The zero-order chi connectivity index (χ0) is 15.6. The SMILES string of the molecule is C=C/C=C(/C)c1bcc(C2=C(C)OCC(C)=C2C)cc1C. The van der Waals surface area contributed by atoms with Crippen LogP contribution < -0.4 is 0 Å². The second-order valence-corrected chi connectivity index (χ2v) is 5.74. The van der Waals surface area contributed by atoms with Crippen molar-refractivity contribution in [2.75, 3.05) is 6.61 Å². The summed E-state index contributed by atoms with van der Waals surface area (Å²) >= 11 is 0. The summed E-state index contributed by atoms with van der Waals surface area (Å²) in [6, 6.07) is 2.25. The summed E-state index contributed by atoms with van der Waals surface area (Å²) in [6.07, 6.45) is 3.88. The fourth-order valence-corrected chi connectivity index (χ4v) is 2.82. The van der Waals surface area contributed by atoms with Crippen molar-refractivity contribution in [2.24, 2.45) is 0 Å². The molecular formula is C19H23BO. The van der Waals surface area contributed by atoms with Gasteiger partial charge in [0.2, 0.25) is 0 Å². The average Bonchev–Trinajstić information content (AvgIpc) is 2.44. The van der Waals surface area contributed by atoms with Crippen molar-refractivity contribution in [3.05, 3.63) is 64.2 Å². The molecule has 0 atom stereocenters. The van der Waals surface area contributed by atoms with Crippen LogP contribution in [0.15, 0.2) is 47.7 Å². The summed E-state index contributed by atoms with van der Waals surface area (Å²) in [4.78, 5) is 0. The number of hydrogen-bond acceptors (Lipinski definition) is 1. The van der Waals surface area contributed by atoms with Crippen LogP contribution >= 0.6 is 0 Å². The van der Waals surface area contributed by atoms with Gasteiger partial charge in [0.15, 0.2) is 0 Å². The van der Waals surface area contributed by atoms with Crippen LogP contribution in [0.2, 0.25) is 0 Å². The van der Waals surface area contributed by atoms with Crippen LogP contribution in [0.3, 0.4) is 0 Å². The molecule has 1 nitrogen and oxygen atoms in total. The quantitative estimate of drug-likeness (QED) is 0.705. The van der Waals surface area contributed by atoms with E-state index in [1.807, 2.05) is 12.2 Å². The van der Waals surface area contributed by atoms with Crippen LogP contribution in [-0.2, 0) is 4.74 Å². The van der Waals surface area contributed by atoms with Crippen LogP contribution in [0.1, 0.15) is 44.3 Å². The number of allylic oxidation sites excluding steroid dienone is 6. The Morgan fingerprint density at radius 3 is 2.62 bits per heavy atom. The molecule has 0 radical (unpaired) electrons. The molecule has 1 aliphatic heterocycles. The van der Waals surface area contributed by atoms with E-state index in [2.05, 4.69) is 60.1 Å². The Morgan fingerprint density at radius 1 is 1.29 bits per heavy atom. The third-order valence-corrected chi connectivity index (χ3v) is 4.18. The molecule has 2 rings (SSSR count). The third kappa shape index (κ3) is 3.10. The Bertz CT molecular complexity index is 675. The topological polar surface area (TPSA) is 9.23 Å². The van der Waals surface area contributed by atoms with Gasteiger partial charge in [-0.05, 0) is 0 Å². The zero-order valence-electron chi connectivity index (χ0n) is 13.7. The molecule has 0 aliphatic carbocycles. The molecule has 0 saturated carbocycles. The molecule has 108 valence electrons. The number of hydrogen-bond donors (Lipinski definition) is 0. The predicted molar refractivity (Wildman–Crippen MR) is 93.3 cm³/mol. The first kappa shape index (κ1) is 15.6. The minimum atomic E-state index is 0.708. The molecule has 2 heterocycles. The zero-order valence-corrected chi connectivity index (χ0v) is 13.7. The Hall–Kier alpha value is -1.83. The Labute approximate surface area is 128 Å². The number of rotatable bonds is 3. The van der Waals surface area contributed by atoms with Crippen molar-refractivity contribution in [3.8, 4) is 0 Å². The molecular weight excluding hydrogens is 255 g/mol. The normalized spacial score (nSPS) is 16.0. The summed E-state index contributed by atoms with van der Waals surface area (Å²) in [5, 5.41) is 0. The second-order valence-electron chi connectivity index (χ2n) is 5.74. The summed E-state index contributed by atoms with van der Waals surface area (Å²) in [6.45, 7) is 17.3. The van der Waals surface area contributed by atoms with Gasteiger partial charge >= 0.3 is 128 Å². The molecule has 0 fully saturated rings. The van der Waals surface area contributed by atoms with Gasteiger partial charge in [0, 0.05) is 0 Å². The van der Waals surface area contributed by atoms with Gasteiger partial charge in [-0.3, -0.25) is 0 Å². The molecule has 1 aliphatic rings. The molecule has 0 N–H and O–H groups in total. The standard InChI is InChI=1S/C19H23BO/c1-7-8-12(2)19-13(3)9-17(10-20-19)18-15(5)14(4)11-21-16(18)6/h7-10H,1,11H2,2-6H3/b12-8-. The monoisotopic (exact) mass is 278 g/mol. The van der Waals surface area contributed by atoms with Gasteiger partial charge in [0.25, 0.3) is 0 Å². The summed E-state index contributed by atoms with van der Waals surface area (Å²) in [7, 11) is 0. The Morgan fingerprint density at radius 2 is 2.00 bits per heavy atom. The van der Waals surface area contributed by atoms with E-state index >= 15 is 0 Å². The van der Waals surface area contributed by atoms with Gasteiger partial charge in [-0.1, -0.05) is 0 Å². The van der Waals surface area contributed by atoms with Crippen LogP contribution in [0.25, 0.3) is 11.1 Å². The van der Waals surface area contributed by atoms with Crippen LogP contribution in [-0.4, -0.2) is 13.5 Å². The van der Waals surface area contributed by atoms with Gasteiger partial charge in [0.05, 0.1) is 0 Å². The Balaban J connectivity index is 2.51. The van der Waals surface area contributed by atoms with Gasteiger partial charge < -0.3 is 0 Å². The van der Waals surface area contributed by atoms with Crippen molar-refractivity contribution >= 4 is 18.1 Å². The van der Waals surface area contributed by atoms with Gasteiger partial charge in [-0.2, -0.15) is 0 Å². The van der Waals surface area contributed by atoms with Crippen LogP contribution in [0, 0.1) is 6.92 Å². The summed E-state index contributed by atoms with van der Waals surface area (Å²) < 4.78 is 5.78. The van der Waals surface area contributed by atoms with E-state index in [4.69, 9.17) is 4.74 Å². The van der Waals surface area contributed by atoms with E-state index in [0.717, 1.165) is 5.76 Å². The maximum atomic E-state index is 5.78. The maximum absolute atomic E-state index is 5.78. The van der Waals surface area contributed by atoms with Gasteiger partial charge in [0.1, 0.15) is 0 Å². The van der Waals surface area contributed by atoms with Crippen molar-refractivity contribution in [1.82, 2.24) is 0 Å². The van der Waals surface area contributed by atoms with E-state index in [9.17, 15) is 0 Å². The first-order valence-electron chi connectivity index (χ1n) is 7.36. The molecule has 0 amide bonds. The van der Waals surface area contributed by atoms with E-state index in [1.165, 1.54) is 38.9 Å². The average molecular weight is 278 g/mol.